The van der Waals surface area contributed by atoms with Crippen molar-refractivity contribution in [2.75, 3.05) is 7.05 Å². The standard InChI is InChI=1S/C12H17N3O/c1-8(2)11-9(7-13-3)14-12(15-11)10-5-4-6-16-10/h4-6,8,13H,7H2,1-3H3,(H,14,15). The molecule has 0 fully saturated rings. The highest BCUT2D eigenvalue weighted by molar-refractivity contribution is 5.48. The van der Waals surface area contributed by atoms with Crippen LogP contribution >= 0.6 is 0 Å². The van der Waals surface area contributed by atoms with E-state index in [1.165, 1.54) is 0 Å². The van der Waals surface area contributed by atoms with Gasteiger partial charge in [0.1, 0.15) is 0 Å². The summed E-state index contributed by atoms with van der Waals surface area (Å²) < 4.78 is 5.33. The largest absolute Gasteiger partial charge is 0.461 e. The Balaban J connectivity index is 2.38. The Kier molecular flexibility index (Phi) is 3.10. The Morgan fingerprint density at radius 1 is 1.50 bits per heavy atom. The first-order chi connectivity index (χ1) is 7.72. The monoisotopic (exact) mass is 219 g/mol. The third kappa shape index (κ3) is 2.02. The molecule has 16 heavy (non-hydrogen) atoms. The Labute approximate surface area is 95.1 Å². The van der Waals surface area contributed by atoms with Crippen molar-refractivity contribution in [2.24, 2.45) is 0 Å². The first-order valence-corrected chi connectivity index (χ1v) is 5.49. The molecule has 0 saturated carbocycles. The second-order valence-corrected chi connectivity index (χ2v) is 4.11. The van der Waals surface area contributed by atoms with Crippen LogP contribution in [0.1, 0.15) is 31.2 Å². The molecule has 0 radical (unpaired) electrons. The van der Waals surface area contributed by atoms with Crippen LogP contribution in [0.2, 0.25) is 0 Å². The maximum Gasteiger partial charge on any atom is 0.174 e. The fourth-order valence-electron chi connectivity index (χ4n) is 1.74. The fraction of sp³-hybridized carbons (Fsp3) is 0.417. The molecule has 2 aromatic heterocycles. The first-order valence-electron chi connectivity index (χ1n) is 5.49. The molecule has 0 aliphatic heterocycles. The van der Waals surface area contributed by atoms with Gasteiger partial charge in [0.25, 0.3) is 0 Å². The van der Waals surface area contributed by atoms with Gasteiger partial charge in [-0.25, -0.2) is 4.98 Å². The van der Waals surface area contributed by atoms with Gasteiger partial charge in [0.15, 0.2) is 11.6 Å². The summed E-state index contributed by atoms with van der Waals surface area (Å²) in [6.45, 7) is 5.07. The van der Waals surface area contributed by atoms with Gasteiger partial charge < -0.3 is 14.7 Å². The molecule has 0 unspecified atom stereocenters. The third-order valence-corrected chi connectivity index (χ3v) is 2.47. The highest BCUT2D eigenvalue weighted by Gasteiger charge is 2.14. The highest BCUT2D eigenvalue weighted by Crippen LogP contribution is 2.23. The van der Waals surface area contributed by atoms with Crippen LogP contribution in [0, 0.1) is 0 Å². The lowest BCUT2D eigenvalue weighted by Gasteiger charge is -2.03. The Morgan fingerprint density at radius 2 is 2.31 bits per heavy atom. The number of aromatic nitrogens is 2. The second-order valence-electron chi connectivity index (χ2n) is 4.11. The lowest BCUT2D eigenvalue weighted by Crippen LogP contribution is -2.08. The summed E-state index contributed by atoms with van der Waals surface area (Å²) in [5.41, 5.74) is 2.23. The molecule has 4 nitrogen and oxygen atoms in total. The molecule has 0 atom stereocenters. The zero-order valence-electron chi connectivity index (χ0n) is 9.87. The summed E-state index contributed by atoms with van der Waals surface area (Å²) in [7, 11) is 1.93. The minimum Gasteiger partial charge on any atom is -0.461 e. The van der Waals surface area contributed by atoms with Crippen LogP contribution in [0.3, 0.4) is 0 Å². The number of rotatable bonds is 4. The molecule has 0 aliphatic rings. The van der Waals surface area contributed by atoms with Crippen LogP contribution in [0.25, 0.3) is 11.6 Å². The summed E-state index contributed by atoms with van der Waals surface area (Å²) >= 11 is 0. The van der Waals surface area contributed by atoms with E-state index in [0.717, 1.165) is 29.5 Å². The van der Waals surface area contributed by atoms with Gasteiger partial charge in [-0.05, 0) is 25.1 Å². The van der Waals surface area contributed by atoms with Crippen molar-refractivity contribution in [1.29, 1.82) is 0 Å². The van der Waals surface area contributed by atoms with Crippen molar-refractivity contribution >= 4 is 0 Å². The van der Waals surface area contributed by atoms with E-state index in [1.54, 1.807) is 6.26 Å². The van der Waals surface area contributed by atoms with E-state index in [0.29, 0.717) is 5.92 Å². The predicted octanol–water partition coefficient (Wildman–Crippen LogP) is 2.51. The molecular weight excluding hydrogens is 202 g/mol. The summed E-state index contributed by atoms with van der Waals surface area (Å²) in [6, 6.07) is 3.77. The summed E-state index contributed by atoms with van der Waals surface area (Å²) in [5.74, 6) is 1.99. The van der Waals surface area contributed by atoms with E-state index in [2.05, 4.69) is 29.1 Å². The average molecular weight is 219 g/mol. The van der Waals surface area contributed by atoms with E-state index in [-0.39, 0.29) is 0 Å². The van der Waals surface area contributed by atoms with Gasteiger partial charge >= 0.3 is 0 Å². The number of nitrogens with zero attached hydrogens (tertiary/aromatic N) is 1. The van der Waals surface area contributed by atoms with E-state index >= 15 is 0 Å². The van der Waals surface area contributed by atoms with Gasteiger partial charge in [0, 0.05) is 6.54 Å². The lowest BCUT2D eigenvalue weighted by atomic mass is 10.1. The Hall–Kier alpha value is -1.55. The van der Waals surface area contributed by atoms with Gasteiger partial charge in [0.05, 0.1) is 17.7 Å². The third-order valence-electron chi connectivity index (χ3n) is 2.47. The molecule has 0 bridgehead atoms. The van der Waals surface area contributed by atoms with Crippen LogP contribution in [0.5, 0.6) is 0 Å². The molecular formula is C12H17N3O. The molecule has 2 heterocycles. The average Bonchev–Trinajstić information content (AvgIpc) is 2.83. The molecule has 0 aromatic carbocycles. The van der Waals surface area contributed by atoms with Gasteiger partial charge in [-0.1, -0.05) is 13.8 Å². The highest BCUT2D eigenvalue weighted by atomic mass is 16.3. The number of imidazole rings is 1. The fourth-order valence-corrected chi connectivity index (χ4v) is 1.74. The first kappa shape index (κ1) is 11.0. The smallest absolute Gasteiger partial charge is 0.174 e. The molecule has 2 rings (SSSR count). The number of H-pyrrole nitrogens is 1. The molecule has 2 aromatic rings. The second kappa shape index (κ2) is 4.53. The zero-order chi connectivity index (χ0) is 11.5. The van der Waals surface area contributed by atoms with E-state index < -0.39 is 0 Å². The van der Waals surface area contributed by atoms with Crippen molar-refractivity contribution < 1.29 is 4.42 Å². The van der Waals surface area contributed by atoms with Crippen molar-refractivity contribution in [3.63, 3.8) is 0 Å². The van der Waals surface area contributed by atoms with E-state index in [4.69, 9.17) is 4.42 Å². The van der Waals surface area contributed by atoms with Crippen molar-refractivity contribution in [2.45, 2.75) is 26.3 Å². The van der Waals surface area contributed by atoms with Gasteiger partial charge in [0.2, 0.25) is 0 Å². The number of nitrogens with one attached hydrogen (secondary N) is 2. The number of hydrogen-bond donors (Lipinski definition) is 2. The minimum atomic E-state index is 0.406. The lowest BCUT2D eigenvalue weighted by molar-refractivity contribution is 0.577. The van der Waals surface area contributed by atoms with Crippen LogP contribution in [0.4, 0.5) is 0 Å². The van der Waals surface area contributed by atoms with Crippen LogP contribution < -0.4 is 5.32 Å². The van der Waals surface area contributed by atoms with E-state index in [9.17, 15) is 0 Å². The molecule has 0 spiro atoms. The zero-order valence-corrected chi connectivity index (χ0v) is 9.87. The Bertz CT molecular complexity index is 443. The van der Waals surface area contributed by atoms with E-state index in [1.807, 2.05) is 19.2 Å². The SMILES string of the molecule is CNCc1[nH]c(-c2ccco2)nc1C(C)C. The molecule has 86 valence electrons. The quantitative estimate of drug-likeness (QED) is 0.830. The van der Waals surface area contributed by atoms with Crippen molar-refractivity contribution in [1.82, 2.24) is 15.3 Å². The summed E-state index contributed by atoms with van der Waals surface area (Å²) in [6.07, 6.45) is 1.66. The summed E-state index contributed by atoms with van der Waals surface area (Å²) in [5, 5.41) is 3.14. The normalized spacial score (nSPS) is 11.2. The summed E-state index contributed by atoms with van der Waals surface area (Å²) in [4.78, 5) is 7.88. The number of aromatic amines is 1. The minimum absolute atomic E-state index is 0.406. The Morgan fingerprint density at radius 3 is 2.88 bits per heavy atom. The molecule has 0 amide bonds. The van der Waals surface area contributed by atoms with Gasteiger partial charge in [-0.3, -0.25) is 0 Å². The molecule has 0 saturated heterocycles. The van der Waals surface area contributed by atoms with Crippen molar-refractivity contribution in [3.8, 4) is 11.6 Å². The van der Waals surface area contributed by atoms with Gasteiger partial charge in [-0.2, -0.15) is 0 Å². The van der Waals surface area contributed by atoms with Gasteiger partial charge in [-0.15, -0.1) is 0 Å². The molecule has 0 aliphatic carbocycles. The van der Waals surface area contributed by atoms with Crippen LogP contribution in [-0.2, 0) is 6.54 Å². The number of furan rings is 1. The predicted molar refractivity (Wildman–Crippen MR) is 63.1 cm³/mol. The van der Waals surface area contributed by atoms with Crippen LogP contribution in [-0.4, -0.2) is 17.0 Å². The topological polar surface area (TPSA) is 53.9 Å². The molecule has 4 heteroatoms. The maximum atomic E-state index is 5.33. The van der Waals surface area contributed by atoms with Crippen LogP contribution in [0.15, 0.2) is 22.8 Å². The number of hydrogen-bond acceptors (Lipinski definition) is 3. The van der Waals surface area contributed by atoms with Crippen molar-refractivity contribution in [3.05, 3.63) is 29.8 Å². The maximum absolute atomic E-state index is 5.33. The molecule has 2 N–H and O–H groups in total.